The molecule has 0 amide bonds. The molecule has 8 heteroatoms. The van der Waals surface area contributed by atoms with Crippen molar-refractivity contribution in [3.05, 3.63) is 53.0 Å². The zero-order chi connectivity index (χ0) is 19.9. The van der Waals surface area contributed by atoms with Gasteiger partial charge in [0.25, 0.3) is 0 Å². The van der Waals surface area contributed by atoms with E-state index in [4.69, 9.17) is 9.47 Å². The van der Waals surface area contributed by atoms with E-state index in [1.54, 1.807) is 17.4 Å². The van der Waals surface area contributed by atoms with Crippen LogP contribution in [0.3, 0.4) is 0 Å². The maximum atomic E-state index is 12.3. The number of rotatable bonds is 9. The number of ether oxygens (including phenoxy) is 3. The summed E-state index contributed by atoms with van der Waals surface area (Å²) in [6.45, 7) is -2.90. The Balaban J connectivity index is 1.46. The Morgan fingerprint density at radius 2 is 2.00 bits per heavy atom. The Kier molecular flexibility index (Phi) is 6.76. The number of hydrogen-bond acceptors (Lipinski definition) is 6. The second-order valence-electron chi connectivity index (χ2n) is 5.95. The van der Waals surface area contributed by atoms with Gasteiger partial charge in [0.2, 0.25) is 0 Å². The summed E-state index contributed by atoms with van der Waals surface area (Å²) in [6.07, 6.45) is 1.63. The highest BCUT2D eigenvalue weighted by Crippen LogP contribution is 2.29. The molecule has 0 unspecified atom stereocenters. The predicted octanol–water partition coefficient (Wildman–Crippen LogP) is 4.97. The molecule has 5 nitrogen and oxygen atoms in total. The van der Waals surface area contributed by atoms with E-state index >= 15 is 0 Å². The number of carbonyl (C=O) groups is 1. The number of thiazole rings is 1. The summed E-state index contributed by atoms with van der Waals surface area (Å²) in [5.74, 6) is -0.235. The molecule has 0 aliphatic rings. The molecule has 3 rings (SSSR count). The third-order valence-electron chi connectivity index (χ3n) is 3.95. The number of alkyl halides is 2. The van der Waals surface area contributed by atoms with Gasteiger partial charge in [-0.1, -0.05) is 18.2 Å². The molecular formula is C20H19F2NO4S. The lowest BCUT2D eigenvalue weighted by Crippen LogP contribution is -2.06. The van der Waals surface area contributed by atoms with Gasteiger partial charge in [0.05, 0.1) is 22.3 Å². The number of fused-ring (bicyclic) bond motifs is 1. The maximum Gasteiger partial charge on any atom is 0.387 e. The molecule has 148 valence electrons. The molecular weight excluding hydrogens is 388 g/mol. The summed E-state index contributed by atoms with van der Waals surface area (Å²) in [7, 11) is 1.35. The number of methoxy groups -OCH3 is 1. The van der Waals surface area contributed by atoms with Crippen molar-refractivity contribution in [2.45, 2.75) is 32.5 Å². The van der Waals surface area contributed by atoms with E-state index in [2.05, 4.69) is 9.72 Å². The van der Waals surface area contributed by atoms with Crippen LogP contribution in [0.4, 0.5) is 8.78 Å². The molecule has 0 N–H and O–H groups in total. The number of aromatic nitrogens is 1. The summed E-state index contributed by atoms with van der Waals surface area (Å²) in [6, 6.07) is 12.3. The van der Waals surface area contributed by atoms with Crippen LogP contribution in [0.5, 0.6) is 11.5 Å². The number of halogens is 2. The molecule has 0 radical (unpaired) electrons. The van der Waals surface area contributed by atoms with Gasteiger partial charge < -0.3 is 14.2 Å². The molecule has 0 bridgehead atoms. The molecule has 2 aromatic carbocycles. The summed E-state index contributed by atoms with van der Waals surface area (Å²) < 4.78 is 40.5. The van der Waals surface area contributed by atoms with E-state index in [0.29, 0.717) is 18.4 Å². The Hall–Kier alpha value is -2.74. The quantitative estimate of drug-likeness (QED) is 0.469. The van der Waals surface area contributed by atoms with Gasteiger partial charge in [-0.2, -0.15) is 8.78 Å². The molecule has 1 heterocycles. The van der Waals surface area contributed by atoms with Crippen molar-refractivity contribution in [1.29, 1.82) is 0 Å². The molecule has 0 aliphatic carbocycles. The van der Waals surface area contributed by atoms with Gasteiger partial charge in [-0.25, -0.2) is 4.98 Å². The van der Waals surface area contributed by atoms with E-state index in [0.717, 1.165) is 15.2 Å². The Morgan fingerprint density at radius 1 is 1.18 bits per heavy atom. The fourth-order valence-electron chi connectivity index (χ4n) is 2.64. The molecule has 0 saturated carbocycles. The lowest BCUT2D eigenvalue weighted by atomic mass is 10.2. The van der Waals surface area contributed by atoms with Crippen molar-refractivity contribution in [3.8, 4) is 11.5 Å². The smallest absolute Gasteiger partial charge is 0.387 e. The third-order valence-corrected chi connectivity index (χ3v) is 5.05. The zero-order valence-corrected chi connectivity index (χ0v) is 16.0. The van der Waals surface area contributed by atoms with Crippen LogP contribution < -0.4 is 9.47 Å². The average Bonchev–Trinajstić information content (AvgIpc) is 3.09. The summed E-state index contributed by atoms with van der Waals surface area (Å²) in [5.41, 5.74) is 1.59. The molecule has 3 aromatic rings. The summed E-state index contributed by atoms with van der Waals surface area (Å²) >= 11 is 1.63. The highest BCUT2D eigenvalue weighted by Gasteiger charge is 2.12. The number of esters is 1. The predicted molar refractivity (Wildman–Crippen MR) is 102 cm³/mol. The second kappa shape index (κ2) is 9.45. The Bertz CT molecular complexity index is 912. The van der Waals surface area contributed by atoms with Crippen LogP contribution >= 0.6 is 11.3 Å². The van der Waals surface area contributed by atoms with Crippen LogP contribution in [0, 0.1) is 0 Å². The molecule has 0 fully saturated rings. The van der Waals surface area contributed by atoms with Crippen LogP contribution in [-0.2, 0) is 22.6 Å². The van der Waals surface area contributed by atoms with Crippen molar-refractivity contribution in [1.82, 2.24) is 4.98 Å². The first kappa shape index (κ1) is 20.0. The SMILES string of the molecule is COc1cc(COC(=O)CCCc2nc3ccccc3s2)ccc1OC(F)F. The van der Waals surface area contributed by atoms with Crippen LogP contribution in [-0.4, -0.2) is 24.7 Å². The van der Waals surface area contributed by atoms with E-state index in [-0.39, 0.29) is 30.5 Å². The fourth-order valence-corrected chi connectivity index (χ4v) is 3.65. The van der Waals surface area contributed by atoms with Crippen LogP contribution in [0.25, 0.3) is 10.2 Å². The Morgan fingerprint density at radius 3 is 2.75 bits per heavy atom. The highest BCUT2D eigenvalue weighted by molar-refractivity contribution is 7.18. The van der Waals surface area contributed by atoms with Gasteiger partial charge >= 0.3 is 12.6 Å². The molecule has 0 atom stereocenters. The van der Waals surface area contributed by atoms with Crippen LogP contribution in [0.2, 0.25) is 0 Å². The second-order valence-corrected chi connectivity index (χ2v) is 7.07. The highest BCUT2D eigenvalue weighted by atomic mass is 32.1. The first-order valence-electron chi connectivity index (χ1n) is 8.67. The summed E-state index contributed by atoms with van der Waals surface area (Å²) in [5, 5.41) is 0.994. The van der Waals surface area contributed by atoms with Crippen molar-refractivity contribution >= 4 is 27.5 Å². The van der Waals surface area contributed by atoms with E-state index < -0.39 is 6.61 Å². The lowest BCUT2D eigenvalue weighted by molar-refractivity contribution is -0.145. The zero-order valence-electron chi connectivity index (χ0n) is 15.2. The molecule has 0 spiro atoms. The van der Waals surface area contributed by atoms with Gasteiger partial charge in [-0.3, -0.25) is 4.79 Å². The third kappa shape index (κ3) is 5.39. The first-order valence-corrected chi connectivity index (χ1v) is 9.48. The topological polar surface area (TPSA) is 57.7 Å². The minimum Gasteiger partial charge on any atom is -0.493 e. The number of nitrogens with zero attached hydrogens (tertiary/aromatic N) is 1. The van der Waals surface area contributed by atoms with Gasteiger partial charge in [-0.15, -0.1) is 11.3 Å². The van der Waals surface area contributed by atoms with Crippen LogP contribution in [0.15, 0.2) is 42.5 Å². The van der Waals surface area contributed by atoms with E-state index in [1.807, 2.05) is 24.3 Å². The van der Waals surface area contributed by atoms with Crippen LogP contribution in [0.1, 0.15) is 23.4 Å². The number of benzene rings is 2. The normalized spacial score (nSPS) is 11.0. The number of hydrogen-bond donors (Lipinski definition) is 0. The summed E-state index contributed by atoms with van der Waals surface area (Å²) in [4.78, 5) is 16.5. The number of carbonyl (C=O) groups excluding carboxylic acids is 1. The minimum atomic E-state index is -2.94. The molecule has 0 aliphatic heterocycles. The van der Waals surface area contributed by atoms with Crippen molar-refractivity contribution in [2.24, 2.45) is 0 Å². The molecule has 1 aromatic heterocycles. The average molecular weight is 407 g/mol. The van der Waals surface area contributed by atoms with E-state index in [1.165, 1.54) is 19.2 Å². The van der Waals surface area contributed by atoms with Gasteiger partial charge in [0, 0.05) is 6.42 Å². The maximum absolute atomic E-state index is 12.3. The number of aryl methyl sites for hydroxylation is 1. The lowest BCUT2D eigenvalue weighted by Gasteiger charge is -2.11. The Labute approximate surface area is 164 Å². The van der Waals surface area contributed by atoms with Crippen molar-refractivity contribution in [3.63, 3.8) is 0 Å². The van der Waals surface area contributed by atoms with Gasteiger partial charge in [0.1, 0.15) is 6.61 Å². The van der Waals surface area contributed by atoms with Crippen molar-refractivity contribution in [2.75, 3.05) is 7.11 Å². The van der Waals surface area contributed by atoms with Gasteiger partial charge in [0.15, 0.2) is 11.5 Å². The monoisotopic (exact) mass is 407 g/mol. The number of para-hydroxylation sites is 1. The van der Waals surface area contributed by atoms with Crippen molar-refractivity contribution < 1.29 is 27.8 Å². The standard InChI is InChI=1S/C20H19F2NO4S/c1-25-16-11-13(9-10-15(16)27-20(21)22)12-26-19(24)8-4-7-18-23-14-5-2-3-6-17(14)28-18/h2-3,5-6,9-11,20H,4,7-8,12H2,1H3. The van der Waals surface area contributed by atoms with E-state index in [9.17, 15) is 13.6 Å². The fraction of sp³-hybridized carbons (Fsp3) is 0.300. The van der Waals surface area contributed by atoms with Gasteiger partial charge in [-0.05, 0) is 42.7 Å². The largest absolute Gasteiger partial charge is 0.493 e. The molecule has 28 heavy (non-hydrogen) atoms. The first-order chi connectivity index (χ1) is 13.5. The molecule has 0 saturated heterocycles. The minimum absolute atomic E-state index is 0.0330.